The summed E-state index contributed by atoms with van der Waals surface area (Å²) in [7, 11) is 1.90. The Bertz CT molecular complexity index is 306. The van der Waals surface area contributed by atoms with Crippen LogP contribution in [0.15, 0.2) is 6.33 Å². The average molecular weight is 213 g/mol. The molecule has 0 aromatic carbocycles. The summed E-state index contributed by atoms with van der Waals surface area (Å²) in [5, 5.41) is 14.5. The van der Waals surface area contributed by atoms with Gasteiger partial charge in [-0.1, -0.05) is 0 Å². The van der Waals surface area contributed by atoms with Crippen molar-refractivity contribution in [1.82, 2.24) is 25.4 Å². The van der Waals surface area contributed by atoms with Gasteiger partial charge in [0.1, 0.15) is 6.33 Å². The zero-order chi connectivity index (χ0) is 10.6. The molecule has 0 spiro atoms. The minimum atomic E-state index is 0.342. The van der Waals surface area contributed by atoms with Crippen LogP contribution in [0.1, 0.15) is 19.7 Å². The molecule has 0 aliphatic rings. The fraction of sp³-hybridized carbons (Fsp3) is 0.625. The van der Waals surface area contributed by atoms with Crippen molar-refractivity contribution in [3.8, 4) is 0 Å². The Morgan fingerprint density at radius 1 is 1.64 bits per heavy atom. The molecule has 0 radical (unpaired) electrons. The summed E-state index contributed by atoms with van der Waals surface area (Å²) in [6, 6.07) is 0.342. The largest absolute Gasteiger partial charge is 0.361 e. The second-order valence-electron chi connectivity index (χ2n) is 3.34. The van der Waals surface area contributed by atoms with Crippen molar-refractivity contribution in [3.63, 3.8) is 0 Å². The highest BCUT2D eigenvalue weighted by Gasteiger charge is 2.02. The summed E-state index contributed by atoms with van der Waals surface area (Å²) in [6.45, 7) is 4.67. The molecule has 14 heavy (non-hydrogen) atoms. The molecule has 0 unspecified atom stereocenters. The van der Waals surface area contributed by atoms with E-state index in [0.717, 1.165) is 5.82 Å². The van der Waals surface area contributed by atoms with E-state index < -0.39 is 0 Å². The van der Waals surface area contributed by atoms with Gasteiger partial charge in [0.25, 0.3) is 0 Å². The van der Waals surface area contributed by atoms with Crippen molar-refractivity contribution >= 4 is 17.3 Å². The van der Waals surface area contributed by atoms with Crippen LogP contribution in [0, 0.1) is 0 Å². The number of aromatic nitrogens is 3. The highest BCUT2D eigenvalue weighted by Crippen LogP contribution is 1.89. The average Bonchev–Trinajstić information content (AvgIpc) is 2.46. The molecule has 0 saturated carbocycles. The van der Waals surface area contributed by atoms with E-state index in [-0.39, 0.29) is 0 Å². The molecular formula is C8H15N5S. The number of thiocarbonyl (C=S) groups is 1. The maximum absolute atomic E-state index is 5.07. The highest BCUT2D eigenvalue weighted by molar-refractivity contribution is 7.80. The van der Waals surface area contributed by atoms with E-state index in [4.69, 9.17) is 12.2 Å². The first-order valence-corrected chi connectivity index (χ1v) is 4.87. The topological polar surface area (TPSA) is 54.8 Å². The summed E-state index contributed by atoms with van der Waals surface area (Å²) in [4.78, 5) is 0. The van der Waals surface area contributed by atoms with Gasteiger partial charge in [0.15, 0.2) is 10.9 Å². The fourth-order valence-electron chi connectivity index (χ4n) is 0.940. The monoisotopic (exact) mass is 213 g/mol. The Hall–Kier alpha value is -1.17. The molecule has 0 aliphatic heterocycles. The number of hydrogen-bond acceptors (Lipinski definition) is 3. The summed E-state index contributed by atoms with van der Waals surface area (Å²) in [5.41, 5.74) is 0. The zero-order valence-corrected chi connectivity index (χ0v) is 9.43. The van der Waals surface area contributed by atoms with Gasteiger partial charge in [-0.2, -0.15) is 0 Å². The van der Waals surface area contributed by atoms with Crippen LogP contribution in [0.4, 0.5) is 0 Å². The van der Waals surface area contributed by atoms with Crippen LogP contribution >= 0.6 is 12.2 Å². The third-order valence-electron chi connectivity index (χ3n) is 1.63. The predicted molar refractivity (Wildman–Crippen MR) is 58.7 cm³/mol. The Labute approximate surface area is 88.9 Å². The maximum atomic E-state index is 5.07. The lowest BCUT2D eigenvalue weighted by atomic mass is 10.4. The van der Waals surface area contributed by atoms with Crippen molar-refractivity contribution in [2.45, 2.75) is 26.4 Å². The molecule has 0 atom stereocenters. The third-order valence-corrected chi connectivity index (χ3v) is 1.89. The summed E-state index contributed by atoms with van der Waals surface area (Å²) in [6.07, 6.45) is 1.66. The van der Waals surface area contributed by atoms with Crippen molar-refractivity contribution < 1.29 is 0 Å². The van der Waals surface area contributed by atoms with Crippen LogP contribution in [-0.4, -0.2) is 25.9 Å². The standard InChI is InChI=1S/C8H15N5S/c1-6(2)11-8(14)9-4-7-12-10-5-13(7)3/h5-6H,4H2,1-3H3,(H2,9,11,14). The first kappa shape index (κ1) is 10.9. The van der Waals surface area contributed by atoms with Crippen LogP contribution < -0.4 is 10.6 Å². The van der Waals surface area contributed by atoms with Crippen LogP contribution in [0.25, 0.3) is 0 Å². The van der Waals surface area contributed by atoms with Crippen molar-refractivity contribution in [3.05, 3.63) is 12.2 Å². The van der Waals surface area contributed by atoms with Gasteiger partial charge in [-0.3, -0.25) is 0 Å². The number of hydrogen-bond donors (Lipinski definition) is 2. The highest BCUT2D eigenvalue weighted by atomic mass is 32.1. The Balaban J connectivity index is 2.34. The lowest BCUT2D eigenvalue weighted by Gasteiger charge is -2.12. The summed E-state index contributed by atoms with van der Waals surface area (Å²) in [5.74, 6) is 0.859. The van der Waals surface area contributed by atoms with Crippen LogP contribution in [0.3, 0.4) is 0 Å². The quantitative estimate of drug-likeness (QED) is 0.702. The predicted octanol–water partition coefficient (Wildman–Crippen LogP) is 0.188. The maximum Gasteiger partial charge on any atom is 0.166 e. The molecule has 0 fully saturated rings. The number of nitrogens with one attached hydrogen (secondary N) is 2. The molecule has 0 amide bonds. The van der Waals surface area contributed by atoms with E-state index in [9.17, 15) is 0 Å². The molecule has 2 N–H and O–H groups in total. The van der Waals surface area contributed by atoms with Gasteiger partial charge < -0.3 is 15.2 Å². The van der Waals surface area contributed by atoms with Gasteiger partial charge >= 0.3 is 0 Å². The number of nitrogens with zero attached hydrogens (tertiary/aromatic N) is 3. The lowest BCUT2D eigenvalue weighted by Crippen LogP contribution is -2.39. The Morgan fingerprint density at radius 2 is 2.36 bits per heavy atom. The summed E-state index contributed by atoms with van der Waals surface area (Å²) < 4.78 is 1.85. The summed E-state index contributed by atoms with van der Waals surface area (Å²) >= 11 is 5.07. The van der Waals surface area contributed by atoms with Gasteiger partial charge in [0.05, 0.1) is 6.54 Å². The fourth-order valence-corrected chi connectivity index (χ4v) is 1.25. The normalized spacial score (nSPS) is 10.3. The molecule has 5 nitrogen and oxygen atoms in total. The first-order valence-electron chi connectivity index (χ1n) is 4.47. The molecule has 0 aliphatic carbocycles. The molecule has 78 valence electrons. The Morgan fingerprint density at radius 3 is 2.86 bits per heavy atom. The molecular weight excluding hydrogens is 198 g/mol. The zero-order valence-electron chi connectivity index (χ0n) is 8.61. The molecule has 0 bridgehead atoms. The molecule has 1 heterocycles. The van der Waals surface area contributed by atoms with E-state index in [1.165, 1.54) is 0 Å². The van der Waals surface area contributed by atoms with E-state index in [2.05, 4.69) is 20.8 Å². The van der Waals surface area contributed by atoms with E-state index >= 15 is 0 Å². The molecule has 1 rings (SSSR count). The number of rotatable bonds is 3. The van der Waals surface area contributed by atoms with E-state index in [0.29, 0.717) is 17.7 Å². The minimum absolute atomic E-state index is 0.342. The first-order chi connectivity index (χ1) is 6.59. The second kappa shape index (κ2) is 4.90. The van der Waals surface area contributed by atoms with Crippen LogP contribution in [-0.2, 0) is 13.6 Å². The van der Waals surface area contributed by atoms with Crippen molar-refractivity contribution in [2.24, 2.45) is 7.05 Å². The lowest BCUT2D eigenvalue weighted by molar-refractivity contribution is 0.692. The smallest absolute Gasteiger partial charge is 0.166 e. The SMILES string of the molecule is CC(C)NC(=S)NCc1nncn1C. The van der Waals surface area contributed by atoms with Gasteiger partial charge in [0, 0.05) is 13.1 Å². The van der Waals surface area contributed by atoms with E-state index in [1.807, 2.05) is 25.5 Å². The second-order valence-corrected chi connectivity index (χ2v) is 3.75. The number of aryl methyl sites for hydroxylation is 1. The van der Waals surface area contributed by atoms with Gasteiger partial charge in [-0.25, -0.2) is 0 Å². The van der Waals surface area contributed by atoms with Crippen LogP contribution in [0.5, 0.6) is 0 Å². The minimum Gasteiger partial charge on any atom is -0.361 e. The van der Waals surface area contributed by atoms with Gasteiger partial charge in [0.2, 0.25) is 0 Å². The molecule has 1 aromatic heterocycles. The van der Waals surface area contributed by atoms with Gasteiger partial charge in [-0.05, 0) is 26.1 Å². The van der Waals surface area contributed by atoms with Crippen molar-refractivity contribution in [1.29, 1.82) is 0 Å². The molecule has 6 heteroatoms. The van der Waals surface area contributed by atoms with Gasteiger partial charge in [-0.15, -0.1) is 10.2 Å². The third kappa shape index (κ3) is 3.29. The molecule has 1 aromatic rings. The Kier molecular flexibility index (Phi) is 3.82. The van der Waals surface area contributed by atoms with Crippen molar-refractivity contribution in [2.75, 3.05) is 0 Å². The van der Waals surface area contributed by atoms with E-state index in [1.54, 1.807) is 6.33 Å². The van der Waals surface area contributed by atoms with Crippen LogP contribution in [0.2, 0.25) is 0 Å². The molecule has 0 saturated heterocycles.